The fourth-order valence-electron chi connectivity index (χ4n) is 2.51. The second-order valence-corrected chi connectivity index (χ2v) is 5.20. The average Bonchev–Trinajstić information content (AvgIpc) is 2.76. The molecule has 1 atom stereocenters. The first-order chi connectivity index (χ1) is 8.02. The zero-order valence-corrected chi connectivity index (χ0v) is 10.8. The molecule has 0 aromatic rings. The molecule has 1 aliphatic rings. The minimum Gasteiger partial charge on any atom is -0.481 e. The second kappa shape index (κ2) is 6.03. The number of amides is 1. The maximum absolute atomic E-state index is 11.8. The lowest BCUT2D eigenvalue weighted by atomic mass is 9.86. The predicted molar refractivity (Wildman–Crippen MR) is 65.6 cm³/mol. The van der Waals surface area contributed by atoms with Crippen LogP contribution >= 0.6 is 0 Å². The van der Waals surface area contributed by atoms with Crippen LogP contribution in [0.3, 0.4) is 0 Å². The maximum Gasteiger partial charge on any atom is 0.311 e. The van der Waals surface area contributed by atoms with Gasteiger partial charge in [0.05, 0.1) is 5.41 Å². The molecule has 1 fully saturated rings. The van der Waals surface area contributed by atoms with Crippen molar-refractivity contribution in [3.63, 3.8) is 0 Å². The van der Waals surface area contributed by atoms with Crippen LogP contribution in [0.4, 0.5) is 0 Å². The van der Waals surface area contributed by atoms with Crippen molar-refractivity contribution in [1.29, 1.82) is 0 Å². The van der Waals surface area contributed by atoms with Crippen LogP contribution in [0.25, 0.3) is 0 Å². The van der Waals surface area contributed by atoms with Crippen molar-refractivity contribution in [1.82, 2.24) is 5.32 Å². The van der Waals surface area contributed by atoms with Crippen LogP contribution in [0.15, 0.2) is 0 Å². The van der Waals surface area contributed by atoms with E-state index in [-0.39, 0.29) is 18.4 Å². The van der Waals surface area contributed by atoms with Gasteiger partial charge in [0, 0.05) is 12.5 Å². The summed E-state index contributed by atoms with van der Waals surface area (Å²) in [5, 5.41) is 12.1. The van der Waals surface area contributed by atoms with Crippen molar-refractivity contribution < 1.29 is 14.7 Å². The summed E-state index contributed by atoms with van der Waals surface area (Å²) in [6, 6.07) is 0. The molecule has 0 aliphatic heterocycles. The average molecular weight is 241 g/mol. The molecule has 0 bridgehead atoms. The Labute approximate surface area is 103 Å². The number of hydrogen-bond donors (Lipinski definition) is 2. The number of hydrogen-bond acceptors (Lipinski definition) is 2. The van der Waals surface area contributed by atoms with Crippen molar-refractivity contribution in [2.75, 3.05) is 6.54 Å². The Bertz CT molecular complexity index is 282. The molecule has 1 rings (SSSR count). The van der Waals surface area contributed by atoms with Crippen LogP contribution in [0.1, 0.15) is 52.4 Å². The Morgan fingerprint density at radius 1 is 1.35 bits per heavy atom. The fourth-order valence-corrected chi connectivity index (χ4v) is 2.51. The van der Waals surface area contributed by atoms with Gasteiger partial charge in [0.2, 0.25) is 5.91 Å². The first-order valence-electron chi connectivity index (χ1n) is 6.53. The van der Waals surface area contributed by atoms with Gasteiger partial charge in [0.1, 0.15) is 0 Å². The molecular weight excluding hydrogens is 218 g/mol. The first kappa shape index (κ1) is 14.0. The van der Waals surface area contributed by atoms with Gasteiger partial charge in [-0.3, -0.25) is 9.59 Å². The highest BCUT2D eigenvalue weighted by atomic mass is 16.4. The zero-order valence-electron chi connectivity index (χ0n) is 10.8. The molecule has 1 amide bonds. The highest BCUT2D eigenvalue weighted by Gasteiger charge is 2.41. The van der Waals surface area contributed by atoms with Crippen LogP contribution in [0, 0.1) is 11.3 Å². The molecule has 1 saturated carbocycles. The molecule has 2 N–H and O–H groups in total. The van der Waals surface area contributed by atoms with Gasteiger partial charge in [-0.25, -0.2) is 0 Å². The van der Waals surface area contributed by atoms with E-state index < -0.39 is 11.4 Å². The summed E-state index contributed by atoms with van der Waals surface area (Å²) in [6.07, 6.45) is 5.10. The number of carbonyl (C=O) groups excluding carboxylic acids is 1. The maximum atomic E-state index is 11.8. The molecule has 0 heterocycles. The third kappa shape index (κ3) is 3.45. The number of carbonyl (C=O) groups is 2. The third-order valence-electron chi connectivity index (χ3n) is 3.78. The quantitative estimate of drug-likeness (QED) is 0.749. The summed E-state index contributed by atoms with van der Waals surface area (Å²) in [4.78, 5) is 23.0. The van der Waals surface area contributed by atoms with Crippen LogP contribution in [-0.4, -0.2) is 23.5 Å². The summed E-state index contributed by atoms with van der Waals surface area (Å²) in [7, 11) is 0. The Morgan fingerprint density at radius 3 is 2.41 bits per heavy atom. The molecule has 0 aromatic carbocycles. The molecule has 0 radical (unpaired) electrons. The minimum absolute atomic E-state index is 0.0145. The monoisotopic (exact) mass is 241 g/mol. The fraction of sp³-hybridized carbons (Fsp3) is 0.846. The smallest absolute Gasteiger partial charge is 0.311 e. The number of nitrogens with one attached hydrogen (secondary N) is 1. The van der Waals surface area contributed by atoms with Crippen molar-refractivity contribution >= 4 is 11.9 Å². The minimum atomic E-state index is -0.765. The predicted octanol–water partition coefficient (Wildman–Crippen LogP) is 2.18. The largest absolute Gasteiger partial charge is 0.481 e. The van der Waals surface area contributed by atoms with Crippen molar-refractivity contribution in [3.8, 4) is 0 Å². The van der Waals surface area contributed by atoms with E-state index in [0.717, 1.165) is 25.7 Å². The van der Waals surface area contributed by atoms with E-state index >= 15 is 0 Å². The van der Waals surface area contributed by atoms with E-state index in [1.807, 2.05) is 13.8 Å². The molecule has 4 heteroatoms. The van der Waals surface area contributed by atoms with Gasteiger partial charge in [-0.1, -0.05) is 33.1 Å². The van der Waals surface area contributed by atoms with Crippen LogP contribution < -0.4 is 5.32 Å². The molecule has 1 unspecified atom stereocenters. The summed E-state index contributed by atoms with van der Waals surface area (Å²) in [5.74, 6) is -0.801. The molecule has 0 aromatic heterocycles. The van der Waals surface area contributed by atoms with Crippen molar-refractivity contribution in [2.45, 2.75) is 52.4 Å². The lowest BCUT2D eigenvalue weighted by Crippen LogP contribution is -2.42. The van der Waals surface area contributed by atoms with Crippen molar-refractivity contribution in [2.24, 2.45) is 11.3 Å². The standard InChI is InChI=1S/C13H23NO3/c1-3-6-10(2)11(15)14-9-13(12(16)17)7-4-5-8-13/h10H,3-9H2,1-2H3,(H,14,15)(H,16,17). The first-order valence-corrected chi connectivity index (χ1v) is 6.53. The van der Waals surface area contributed by atoms with Gasteiger partial charge < -0.3 is 10.4 Å². The number of aliphatic carboxylic acids is 1. The van der Waals surface area contributed by atoms with E-state index in [4.69, 9.17) is 0 Å². The highest BCUT2D eigenvalue weighted by molar-refractivity contribution is 5.80. The van der Waals surface area contributed by atoms with E-state index in [1.54, 1.807) is 0 Å². The Morgan fingerprint density at radius 2 is 1.94 bits per heavy atom. The number of rotatable bonds is 6. The van der Waals surface area contributed by atoms with Crippen LogP contribution in [-0.2, 0) is 9.59 Å². The number of carboxylic acid groups (broad SMARTS) is 1. The molecule has 4 nitrogen and oxygen atoms in total. The molecule has 0 spiro atoms. The molecule has 0 saturated heterocycles. The van der Waals surface area contributed by atoms with Gasteiger partial charge in [-0.2, -0.15) is 0 Å². The molecule has 17 heavy (non-hydrogen) atoms. The zero-order chi connectivity index (χ0) is 12.9. The van der Waals surface area contributed by atoms with Gasteiger partial charge in [-0.05, 0) is 19.3 Å². The van der Waals surface area contributed by atoms with E-state index in [9.17, 15) is 14.7 Å². The van der Waals surface area contributed by atoms with Crippen LogP contribution in [0.2, 0.25) is 0 Å². The van der Waals surface area contributed by atoms with Gasteiger partial charge in [0.25, 0.3) is 0 Å². The van der Waals surface area contributed by atoms with Crippen molar-refractivity contribution in [3.05, 3.63) is 0 Å². The number of carboxylic acids is 1. The summed E-state index contributed by atoms with van der Waals surface area (Å²) in [6.45, 7) is 4.22. The normalized spacial score (nSPS) is 19.9. The van der Waals surface area contributed by atoms with E-state index in [1.165, 1.54) is 0 Å². The third-order valence-corrected chi connectivity index (χ3v) is 3.78. The summed E-state index contributed by atoms with van der Waals surface area (Å²) in [5.41, 5.74) is -0.707. The van der Waals surface area contributed by atoms with Gasteiger partial charge in [0.15, 0.2) is 0 Å². The van der Waals surface area contributed by atoms with Crippen LogP contribution in [0.5, 0.6) is 0 Å². The van der Waals surface area contributed by atoms with E-state index in [2.05, 4.69) is 5.32 Å². The SMILES string of the molecule is CCCC(C)C(=O)NCC1(C(=O)O)CCCC1. The lowest BCUT2D eigenvalue weighted by molar-refractivity contribution is -0.148. The Kier molecular flexibility index (Phi) is 4.97. The van der Waals surface area contributed by atoms with E-state index in [0.29, 0.717) is 12.8 Å². The second-order valence-electron chi connectivity index (χ2n) is 5.20. The molecule has 1 aliphatic carbocycles. The topological polar surface area (TPSA) is 66.4 Å². The van der Waals surface area contributed by atoms with Gasteiger partial charge >= 0.3 is 5.97 Å². The summed E-state index contributed by atoms with van der Waals surface area (Å²) >= 11 is 0. The van der Waals surface area contributed by atoms with Gasteiger partial charge in [-0.15, -0.1) is 0 Å². The molecule has 98 valence electrons. The highest BCUT2D eigenvalue weighted by Crippen LogP contribution is 2.37. The lowest BCUT2D eigenvalue weighted by Gasteiger charge is -2.24. The Balaban J connectivity index is 2.48. The summed E-state index contributed by atoms with van der Waals surface area (Å²) < 4.78 is 0. The molecular formula is C13H23NO3. The Hall–Kier alpha value is -1.06.